The van der Waals surface area contributed by atoms with Crippen LogP contribution in [0.5, 0.6) is 0 Å². The molecule has 1 atom stereocenters. The highest BCUT2D eigenvalue weighted by Crippen LogP contribution is 2.25. The molecule has 0 aliphatic carbocycles. The molecule has 2 N–H and O–H groups in total. The lowest BCUT2D eigenvalue weighted by Gasteiger charge is -2.19. The summed E-state index contributed by atoms with van der Waals surface area (Å²) in [6, 6.07) is 9.53. The van der Waals surface area contributed by atoms with Crippen molar-refractivity contribution in [1.82, 2.24) is 19.9 Å². The van der Waals surface area contributed by atoms with E-state index in [9.17, 15) is 4.79 Å². The van der Waals surface area contributed by atoms with Gasteiger partial charge in [0, 0.05) is 26.0 Å². The van der Waals surface area contributed by atoms with Gasteiger partial charge in [-0.15, -0.1) is 0 Å². The van der Waals surface area contributed by atoms with Gasteiger partial charge in [-0.3, -0.25) is 4.79 Å². The molecule has 0 unspecified atom stereocenters. The van der Waals surface area contributed by atoms with Crippen molar-refractivity contribution in [2.75, 3.05) is 11.9 Å². The molecule has 2 aromatic heterocycles. The third kappa shape index (κ3) is 3.71. The van der Waals surface area contributed by atoms with E-state index < -0.39 is 0 Å². The Bertz CT molecular complexity index is 855. The number of aromatic nitrogens is 3. The van der Waals surface area contributed by atoms with Gasteiger partial charge in [0.25, 0.3) is 5.91 Å². The Hall–Kier alpha value is -2.67. The summed E-state index contributed by atoms with van der Waals surface area (Å²) in [4.78, 5) is 22.3. The summed E-state index contributed by atoms with van der Waals surface area (Å²) in [6.45, 7) is 4.63. The molecule has 0 bridgehead atoms. The van der Waals surface area contributed by atoms with Crippen LogP contribution in [0.2, 0.25) is 0 Å². The van der Waals surface area contributed by atoms with Crippen LogP contribution in [-0.4, -0.2) is 27.0 Å². The number of imidazole rings is 1. The lowest BCUT2D eigenvalue weighted by Crippen LogP contribution is -2.31. The van der Waals surface area contributed by atoms with E-state index in [-0.39, 0.29) is 11.9 Å². The second kappa shape index (κ2) is 7.48. The normalized spacial score (nSPS) is 12.0. The molecule has 3 rings (SSSR count). The molecule has 3 aromatic rings. The van der Waals surface area contributed by atoms with E-state index in [1.54, 1.807) is 6.20 Å². The summed E-state index contributed by atoms with van der Waals surface area (Å²) in [5.74, 6) is 0.643. The summed E-state index contributed by atoms with van der Waals surface area (Å²) in [5, 5.41) is 7.03. The predicted molar refractivity (Wildman–Crippen MR) is 100.0 cm³/mol. The predicted octanol–water partition coefficient (Wildman–Crippen LogP) is 3.14. The van der Waals surface area contributed by atoms with Gasteiger partial charge in [0.2, 0.25) is 0 Å². The van der Waals surface area contributed by atoms with Crippen LogP contribution in [0.25, 0.3) is 0 Å². The van der Waals surface area contributed by atoms with Crippen LogP contribution in [0.3, 0.4) is 0 Å². The molecule has 0 radical (unpaired) electrons. The summed E-state index contributed by atoms with van der Waals surface area (Å²) in [5.41, 5.74) is 1.71. The largest absolute Gasteiger partial charge is 0.362 e. The number of benzene rings is 1. The molecule has 25 heavy (non-hydrogen) atoms. The van der Waals surface area contributed by atoms with E-state index >= 15 is 0 Å². The van der Waals surface area contributed by atoms with Crippen LogP contribution >= 0.6 is 11.3 Å². The maximum Gasteiger partial charge on any atom is 0.264 e. The fraction of sp³-hybridized carbons (Fsp3) is 0.278. The third-order valence-electron chi connectivity index (χ3n) is 3.86. The number of carbonyl (C=O) groups is 1. The molecule has 2 heterocycles. The van der Waals surface area contributed by atoms with Gasteiger partial charge in [-0.25, -0.2) is 9.97 Å². The first-order chi connectivity index (χ1) is 12.1. The van der Waals surface area contributed by atoms with Crippen molar-refractivity contribution in [2.24, 2.45) is 7.05 Å². The minimum absolute atomic E-state index is 0.143. The molecule has 6 nitrogen and oxygen atoms in total. The van der Waals surface area contributed by atoms with Crippen molar-refractivity contribution < 1.29 is 4.79 Å². The number of amides is 1. The highest BCUT2D eigenvalue weighted by Gasteiger charge is 2.23. The van der Waals surface area contributed by atoms with Crippen molar-refractivity contribution in [1.29, 1.82) is 0 Å². The minimum Gasteiger partial charge on any atom is -0.362 e. The summed E-state index contributed by atoms with van der Waals surface area (Å²) in [7, 11) is 1.92. The Kier molecular flexibility index (Phi) is 5.14. The Balaban J connectivity index is 1.91. The number of carbonyl (C=O) groups excluding carboxylic acids is 1. The van der Waals surface area contributed by atoms with Crippen LogP contribution in [0.15, 0.2) is 42.7 Å². The first-order valence-corrected chi connectivity index (χ1v) is 8.96. The van der Waals surface area contributed by atoms with Gasteiger partial charge in [-0.1, -0.05) is 41.7 Å². The molecular formula is C18H21N5OS. The zero-order valence-corrected chi connectivity index (χ0v) is 15.3. The van der Waals surface area contributed by atoms with Gasteiger partial charge >= 0.3 is 0 Å². The molecule has 0 fully saturated rings. The number of hydrogen-bond donors (Lipinski definition) is 2. The Morgan fingerprint density at radius 2 is 2.08 bits per heavy atom. The van der Waals surface area contributed by atoms with Crippen LogP contribution in [0, 0.1) is 6.92 Å². The van der Waals surface area contributed by atoms with E-state index in [1.807, 2.05) is 62.0 Å². The second-order valence-electron chi connectivity index (χ2n) is 5.68. The van der Waals surface area contributed by atoms with Gasteiger partial charge in [-0.2, -0.15) is 0 Å². The fourth-order valence-electron chi connectivity index (χ4n) is 2.63. The van der Waals surface area contributed by atoms with Gasteiger partial charge < -0.3 is 15.2 Å². The molecule has 7 heteroatoms. The summed E-state index contributed by atoms with van der Waals surface area (Å²) < 4.78 is 1.92. The average molecular weight is 355 g/mol. The van der Waals surface area contributed by atoms with Gasteiger partial charge in [0.05, 0.1) is 5.69 Å². The number of hydrogen-bond acceptors (Lipinski definition) is 5. The molecule has 0 spiro atoms. The summed E-state index contributed by atoms with van der Waals surface area (Å²) >= 11 is 1.37. The van der Waals surface area contributed by atoms with E-state index in [1.165, 1.54) is 11.3 Å². The zero-order chi connectivity index (χ0) is 17.8. The van der Waals surface area contributed by atoms with Gasteiger partial charge in [0.15, 0.2) is 5.13 Å². The van der Waals surface area contributed by atoms with E-state index in [4.69, 9.17) is 0 Å². The Labute approximate surface area is 150 Å². The maximum absolute atomic E-state index is 12.9. The molecule has 130 valence electrons. The molecule has 0 saturated heterocycles. The topological polar surface area (TPSA) is 71.8 Å². The minimum atomic E-state index is -0.321. The first kappa shape index (κ1) is 17.2. The number of rotatable bonds is 6. The Morgan fingerprint density at radius 1 is 1.32 bits per heavy atom. The van der Waals surface area contributed by atoms with E-state index in [0.29, 0.717) is 4.88 Å². The number of aryl methyl sites for hydroxylation is 2. The number of nitrogens with zero attached hydrogens (tertiary/aromatic N) is 3. The molecule has 1 aromatic carbocycles. The van der Waals surface area contributed by atoms with Crippen LogP contribution < -0.4 is 10.6 Å². The molecule has 0 saturated carbocycles. The van der Waals surface area contributed by atoms with Crippen LogP contribution in [0.1, 0.15) is 39.7 Å². The van der Waals surface area contributed by atoms with Crippen molar-refractivity contribution in [3.8, 4) is 0 Å². The second-order valence-corrected chi connectivity index (χ2v) is 6.68. The number of thiazole rings is 1. The van der Waals surface area contributed by atoms with Gasteiger partial charge in [-0.05, 0) is 19.4 Å². The smallest absolute Gasteiger partial charge is 0.264 e. The zero-order valence-electron chi connectivity index (χ0n) is 14.5. The molecule has 0 aliphatic rings. The highest BCUT2D eigenvalue weighted by atomic mass is 32.1. The lowest BCUT2D eigenvalue weighted by molar-refractivity contribution is 0.0944. The maximum atomic E-state index is 12.9. The molecule has 1 amide bonds. The van der Waals surface area contributed by atoms with Crippen LogP contribution in [-0.2, 0) is 7.05 Å². The van der Waals surface area contributed by atoms with E-state index in [0.717, 1.165) is 28.8 Å². The third-order valence-corrected chi connectivity index (χ3v) is 4.97. The van der Waals surface area contributed by atoms with Crippen molar-refractivity contribution >= 4 is 22.4 Å². The van der Waals surface area contributed by atoms with Crippen molar-refractivity contribution in [3.05, 3.63) is 64.7 Å². The Morgan fingerprint density at radius 3 is 2.72 bits per heavy atom. The quantitative estimate of drug-likeness (QED) is 0.712. The first-order valence-electron chi connectivity index (χ1n) is 8.14. The standard InChI is InChI=1S/C18H21N5OS/c1-4-19-18-21-12(2)15(25-18)17(24)22-14(13-8-6-5-7-9-13)16-20-10-11-23(16)3/h5-11,14H,4H2,1-3H3,(H,19,21)(H,22,24)/t14-/m1/s1. The SMILES string of the molecule is CCNc1nc(C)c(C(=O)N[C@H](c2ccccc2)c2nccn2C)s1. The van der Waals surface area contributed by atoms with Gasteiger partial charge in [0.1, 0.15) is 16.7 Å². The van der Waals surface area contributed by atoms with Crippen molar-refractivity contribution in [2.45, 2.75) is 19.9 Å². The highest BCUT2D eigenvalue weighted by molar-refractivity contribution is 7.17. The number of nitrogens with one attached hydrogen (secondary N) is 2. The monoisotopic (exact) mass is 355 g/mol. The number of anilines is 1. The average Bonchev–Trinajstić information content (AvgIpc) is 3.19. The van der Waals surface area contributed by atoms with E-state index in [2.05, 4.69) is 20.6 Å². The fourth-order valence-corrected chi connectivity index (χ4v) is 3.57. The lowest BCUT2D eigenvalue weighted by atomic mass is 10.1. The molecular weight excluding hydrogens is 334 g/mol. The van der Waals surface area contributed by atoms with Crippen molar-refractivity contribution in [3.63, 3.8) is 0 Å². The molecule has 0 aliphatic heterocycles. The van der Waals surface area contributed by atoms with Crippen LogP contribution in [0.4, 0.5) is 5.13 Å². The summed E-state index contributed by atoms with van der Waals surface area (Å²) in [6.07, 6.45) is 3.61.